The van der Waals surface area contributed by atoms with E-state index < -0.39 is 5.97 Å². The molecule has 0 aliphatic heterocycles. The van der Waals surface area contributed by atoms with Crippen LogP contribution in [0.4, 0.5) is 0 Å². The van der Waals surface area contributed by atoms with Crippen LogP contribution in [0.25, 0.3) is 0 Å². The maximum atomic E-state index is 10.4. The summed E-state index contributed by atoms with van der Waals surface area (Å²) in [7, 11) is 0. The van der Waals surface area contributed by atoms with Crippen molar-refractivity contribution in [1.29, 1.82) is 0 Å². The lowest BCUT2D eigenvalue weighted by Gasteiger charge is -2.10. The molecule has 2 nitrogen and oxygen atoms in total. The van der Waals surface area contributed by atoms with Crippen molar-refractivity contribution in [3.8, 4) is 0 Å². The summed E-state index contributed by atoms with van der Waals surface area (Å²) in [5.74, 6) is 0.0405. The van der Waals surface area contributed by atoms with Crippen LogP contribution in [0, 0.1) is 5.92 Å². The van der Waals surface area contributed by atoms with Gasteiger partial charge in [0.05, 0.1) is 0 Å². The molecule has 0 bridgehead atoms. The molecule has 0 spiro atoms. The van der Waals surface area contributed by atoms with Crippen molar-refractivity contribution < 1.29 is 9.90 Å². The van der Waals surface area contributed by atoms with Gasteiger partial charge in [-0.2, -0.15) is 0 Å². The molecule has 0 saturated heterocycles. The minimum absolute atomic E-state index is 0.335. The lowest BCUT2D eigenvalue weighted by atomic mass is 9.96. The summed E-state index contributed by atoms with van der Waals surface area (Å²) in [6.07, 6.45) is 14.5. The molecular weight excluding hydrogens is 224 g/mol. The number of rotatable bonds is 13. The quantitative estimate of drug-likeness (QED) is 0.447. The number of aliphatic carboxylic acids is 1. The van der Waals surface area contributed by atoms with Gasteiger partial charge in [-0.3, -0.25) is 4.79 Å². The summed E-state index contributed by atoms with van der Waals surface area (Å²) < 4.78 is 0. The van der Waals surface area contributed by atoms with Crippen molar-refractivity contribution in [3.63, 3.8) is 0 Å². The molecule has 0 rings (SSSR count). The molecule has 0 saturated carbocycles. The summed E-state index contributed by atoms with van der Waals surface area (Å²) in [6, 6.07) is 0. The Labute approximate surface area is 113 Å². The van der Waals surface area contributed by atoms with E-state index >= 15 is 0 Å². The molecule has 0 aliphatic carbocycles. The third-order valence-corrected chi connectivity index (χ3v) is 3.64. The highest BCUT2D eigenvalue weighted by Crippen LogP contribution is 2.17. The van der Waals surface area contributed by atoms with Crippen molar-refractivity contribution in [2.45, 2.75) is 90.9 Å². The highest BCUT2D eigenvalue weighted by molar-refractivity contribution is 5.66. The van der Waals surface area contributed by atoms with E-state index in [1.165, 1.54) is 57.8 Å². The van der Waals surface area contributed by atoms with Crippen LogP contribution in [-0.4, -0.2) is 11.1 Å². The maximum Gasteiger partial charge on any atom is 0.303 e. The SMILES string of the molecule is CCCCCCCCCCC(C)CCCC(=O)O. The van der Waals surface area contributed by atoms with Gasteiger partial charge in [-0.1, -0.05) is 78.1 Å². The zero-order valence-electron chi connectivity index (χ0n) is 12.4. The highest BCUT2D eigenvalue weighted by Gasteiger charge is 2.04. The monoisotopic (exact) mass is 256 g/mol. The van der Waals surface area contributed by atoms with Gasteiger partial charge < -0.3 is 5.11 Å². The van der Waals surface area contributed by atoms with Gasteiger partial charge in [0.25, 0.3) is 0 Å². The van der Waals surface area contributed by atoms with Gasteiger partial charge in [-0.25, -0.2) is 0 Å². The van der Waals surface area contributed by atoms with Crippen LogP contribution in [0.3, 0.4) is 0 Å². The topological polar surface area (TPSA) is 37.3 Å². The average molecular weight is 256 g/mol. The van der Waals surface area contributed by atoms with Crippen LogP contribution >= 0.6 is 0 Å². The largest absolute Gasteiger partial charge is 0.481 e. The van der Waals surface area contributed by atoms with E-state index in [1.54, 1.807) is 0 Å². The average Bonchev–Trinajstić information content (AvgIpc) is 2.32. The van der Waals surface area contributed by atoms with Crippen molar-refractivity contribution >= 4 is 5.97 Å². The number of hydrogen-bond donors (Lipinski definition) is 1. The van der Waals surface area contributed by atoms with Gasteiger partial charge in [-0.05, 0) is 12.3 Å². The normalized spacial score (nSPS) is 12.6. The molecule has 0 aliphatic rings. The summed E-state index contributed by atoms with van der Waals surface area (Å²) in [5.41, 5.74) is 0. The predicted molar refractivity (Wildman–Crippen MR) is 77.9 cm³/mol. The summed E-state index contributed by atoms with van der Waals surface area (Å²) in [5, 5.41) is 8.56. The number of carbonyl (C=O) groups is 1. The number of carboxylic acid groups (broad SMARTS) is 1. The zero-order valence-corrected chi connectivity index (χ0v) is 12.4. The molecule has 0 radical (unpaired) electrons. The molecular formula is C16H32O2. The lowest BCUT2D eigenvalue weighted by molar-refractivity contribution is -0.137. The van der Waals surface area contributed by atoms with Crippen LogP contribution in [0.5, 0.6) is 0 Å². The molecule has 0 fully saturated rings. The fraction of sp³-hybridized carbons (Fsp3) is 0.938. The van der Waals surface area contributed by atoms with Crippen LogP contribution in [-0.2, 0) is 4.79 Å². The minimum atomic E-state index is -0.658. The second kappa shape index (κ2) is 12.9. The van der Waals surface area contributed by atoms with Crippen LogP contribution in [0.15, 0.2) is 0 Å². The van der Waals surface area contributed by atoms with E-state index in [2.05, 4.69) is 13.8 Å². The third-order valence-electron chi connectivity index (χ3n) is 3.64. The molecule has 0 aromatic heterocycles. The predicted octanol–water partition coefficient (Wildman–Crippen LogP) is 5.41. The Balaban J connectivity index is 3.15. The van der Waals surface area contributed by atoms with Gasteiger partial charge in [-0.15, -0.1) is 0 Å². The second-order valence-electron chi connectivity index (χ2n) is 5.65. The second-order valence-corrected chi connectivity index (χ2v) is 5.65. The maximum absolute atomic E-state index is 10.4. The van der Waals surface area contributed by atoms with Crippen LogP contribution in [0.2, 0.25) is 0 Å². The van der Waals surface area contributed by atoms with Crippen molar-refractivity contribution in [2.75, 3.05) is 0 Å². The summed E-state index contributed by atoms with van der Waals surface area (Å²) >= 11 is 0. The highest BCUT2D eigenvalue weighted by atomic mass is 16.4. The molecule has 0 aromatic carbocycles. The van der Waals surface area contributed by atoms with Crippen LogP contribution < -0.4 is 0 Å². The minimum Gasteiger partial charge on any atom is -0.481 e. The van der Waals surface area contributed by atoms with Crippen molar-refractivity contribution in [2.24, 2.45) is 5.92 Å². The van der Waals surface area contributed by atoms with E-state index in [1.807, 2.05) is 0 Å². The van der Waals surface area contributed by atoms with E-state index in [4.69, 9.17) is 5.11 Å². The van der Waals surface area contributed by atoms with Gasteiger partial charge in [0.1, 0.15) is 0 Å². The first-order valence-corrected chi connectivity index (χ1v) is 7.88. The van der Waals surface area contributed by atoms with E-state index in [-0.39, 0.29) is 0 Å². The van der Waals surface area contributed by atoms with E-state index in [0.717, 1.165) is 12.8 Å². The third kappa shape index (κ3) is 13.5. The van der Waals surface area contributed by atoms with E-state index in [9.17, 15) is 4.79 Å². The molecule has 1 atom stereocenters. The van der Waals surface area contributed by atoms with Crippen molar-refractivity contribution in [3.05, 3.63) is 0 Å². The number of unbranched alkanes of at least 4 members (excludes halogenated alkanes) is 7. The van der Waals surface area contributed by atoms with Crippen LogP contribution in [0.1, 0.15) is 90.9 Å². The first-order valence-electron chi connectivity index (χ1n) is 7.88. The summed E-state index contributed by atoms with van der Waals surface area (Å²) in [6.45, 7) is 4.51. The molecule has 0 amide bonds. The molecule has 1 N–H and O–H groups in total. The Morgan fingerprint density at radius 2 is 1.39 bits per heavy atom. The molecule has 0 aromatic rings. The van der Waals surface area contributed by atoms with Gasteiger partial charge >= 0.3 is 5.97 Å². The zero-order chi connectivity index (χ0) is 13.6. The first kappa shape index (κ1) is 17.5. The van der Waals surface area contributed by atoms with E-state index in [0.29, 0.717) is 12.3 Å². The Kier molecular flexibility index (Phi) is 12.5. The number of hydrogen-bond acceptors (Lipinski definition) is 1. The smallest absolute Gasteiger partial charge is 0.303 e. The standard InChI is InChI=1S/C16H32O2/c1-3-4-5-6-7-8-9-10-12-15(2)13-11-14-16(17)18/h15H,3-14H2,1-2H3,(H,17,18). The molecule has 1 unspecified atom stereocenters. The number of carboxylic acids is 1. The Bertz CT molecular complexity index is 190. The molecule has 18 heavy (non-hydrogen) atoms. The summed E-state index contributed by atoms with van der Waals surface area (Å²) in [4.78, 5) is 10.4. The fourth-order valence-electron chi connectivity index (χ4n) is 2.37. The van der Waals surface area contributed by atoms with Gasteiger partial charge in [0, 0.05) is 6.42 Å². The fourth-order valence-corrected chi connectivity index (χ4v) is 2.37. The molecule has 2 heteroatoms. The Morgan fingerprint density at radius 3 is 1.94 bits per heavy atom. The molecule has 108 valence electrons. The molecule has 0 heterocycles. The lowest BCUT2D eigenvalue weighted by Crippen LogP contribution is -1.99. The van der Waals surface area contributed by atoms with Gasteiger partial charge in [0.2, 0.25) is 0 Å². The Hall–Kier alpha value is -0.530. The first-order chi connectivity index (χ1) is 8.66. The van der Waals surface area contributed by atoms with Crippen molar-refractivity contribution in [1.82, 2.24) is 0 Å². The van der Waals surface area contributed by atoms with Gasteiger partial charge in [0.15, 0.2) is 0 Å². The Morgan fingerprint density at radius 1 is 0.889 bits per heavy atom.